The van der Waals surface area contributed by atoms with E-state index in [-0.39, 0.29) is 17.4 Å². The van der Waals surface area contributed by atoms with Crippen molar-refractivity contribution in [3.63, 3.8) is 0 Å². The third-order valence-corrected chi connectivity index (χ3v) is 3.37. The van der Waals surface area contributed by atoms with Crippen LogP contribution in [0.5, 0.6) is 0 Å². The lowest BCUT2D eigenvalue weighted by Crippen LogP contribution is -2.29. The van der Waals surface area contributed by atoms with Gasteiger partial charge in [-0.25, -0.2) is 0 Å². The predicted octanol–water partition coefficient (Wildman–Crippen LogP) is 1.61. The van der Waals surface area contributed by atoms with E-state index >= 15 is 0 Å². The average Bonchev–Trinajstić information content (AvgIpc) is 2.64. The minimum absolute atomic E-state index is 0.162. The molecule has 0 aliphatic carbocycles. The van der Waals surface area contributed by atoms with E-state index in [2.05, 4.69) is 20.3 Å². The van der Waals surface area contributed by atoms with Crippen molar-refractivity contribution in [1.82, 2.24) is 19.9 Å². The summed E-state index contributed by atoms with van der Waals surface area (Å²) in [5, 5.41) is 3.19. The summed E-state index contributed by atoms with van der Waals surface area (Å²) in [5.41, 5.74) is 1.50. The van der Waals surface area contributed by atoms with E-state index in [1.807, 2.05) is 25.9 Å². The van der Waals surface area contributed by atoms with Crippen LogP contribution in [-0.4, -0.2) is 39.9 Å². The molecule has 0 saturated heterocycles. The third kappa shape index (κ3) is 3.19. The molecule has 0 aliphatic heterocycles. The number of rotatable bonds is 3. The van der Waals surface area contributed by atoms with Gasteiger partial charge in [-0.05, 0) is 21.0 Å². The summed E-state index contributed by atoms with van der Waals surface area (Å²) < 4.78 is 0. The number of hydrogen-bond donors (Lipinski definition) is 3. The fourth-order valence-corrected chi connectivity index (χ4v) is 2.15. The van der Waals surface area contributed by atoms with Crippen LogP contribution in [0.25, 0.3) is 11.0 Å². The van der Waals surface area contributed by atoms with Gasteiger partial charge in [-0.15, -0.1) is 0 Å². The number of nitrogens with one attached hydrogen (secondary N) is 3. The molecule has 0 atom stereocenters. The Balaban J connectivity index is 2.47. The first kappa shape index (κ1) is 16.2. The zero-order valence-corrected chi connectivity index (χ0v) is 13.9. The van der Waals surface area contributed by atoms with E-state index in [0.29, 0.717) is 17.6 Å². The van der Waals surface area contributed by atoms with Gasteiger partial charge in [-0.2, -0.15) is 4.98 Å². The summed E-state index contributed by atoms with van der Waals surface area (Å²) in [6.45, 7) is 7.95. The number of hydrogen-bond acceptors (Lipinski definition) is 4. The molecule has 2 aromatic heterocycles. The van der Waals surface area contributed by atoms with Crippen molar-refractivity contribution >= 4 is 22.9 Å². The molecule has 0 spiro atoms. The second-order valence-electron chi connectivity index (χ2n) is 6.81. The second kappa shape index (κ2) is 5.57. The first-order valence-electron chi connectivity index (χ1n) is 7.17. The number of aryl methyl sites for hydroxylation is 1. The van der Waals surface area contributed by atoms with Gasteiger partial charge in [0.25, 0.3) is 5.56 Å². The molecule has 1 amide bonds. The van der Waals surface area contributed by atoms with Crippen molar-refractivity contribution in [3.05, 3.63) is 21.6 Å². The number of carbonyl (C=O) groups is 1. The molecule has 0 fully saturated rings. The van der Waals surface area contributed by atoms with Gasteiger partial charge in [-0.1, -0.05) is 20.8 Å². The molecule has 0 saturated carbocycles. The molecular formula is C15H23N5O2. The van der Waals surface area contributed by atoms with Gasteiger partial charge in [0.1, 0.15) is 5.65 Å². The van der Waals surface area contributed by atoms with Crippen LogP contribution in [0, 0.1) is 12.3 Å². The zero-order chi connectivity index (χ0) is 16.7. The van der Waals surface area contributed by atoms with Crippen molar-refractivity contribution in [2.75, 3.05) is 19.4 Å². The molecule has 2 aromatic rings. The molecule has 0 aromatic carbocycles. The highest BCUT2D eigenvalue weighted by Crippen LogP contribution is 2.20. The summed E-state index contributed by atoms with van der Waals surface area (Å²) >= 11 is 0. The second-order valence-corrected chi connectivity index (χ2v) is 6.81. The Morgan fingerprint density at radius 1 is 1.27 bits per heavy atom. The molecule has 0 unspecified atom stereocenters. The average molecular weight is 305 g/mol. The maximum Gasteiger partial charge on any atom is 0.262 e. The van der Waals surface area contributed by atoms with Crippen LogP contribution in [0.1, 0.15) is 32.0 Å². The first-order chi connectivity index (χ1) is 10.1. The van der Waals surface area contributed by atoms with Crippen molar-refractivity contribution in [2.45, 2.75) is 34.2 Å². The van der Waals surface area contributed by atoms with Gasteiger partial charge < -0.3 is 9.88 Å². The molecule has 7 nitrogen and oxygen atoms in total. The lowest BCUT2D eigenvalue weighted by molar-refractivity contribution is -0.123. The highest BCUT2D eigenvalue weighted by atomic mass is 16.2. The number of anilines is 1. The Labute approximate surface area is 129 Å². The van der Waals surface area contributed by atoms with Crippen molar-refractivity contribution in [2.24, 2.45) is 5.41 Å². The zero-order valence-electron chi connectivity index (χ0n) is 13.9. The summed E-state index contributed by atoms with van der Waals surface area (Å²) in [7, 11) is 3.88. The topological polar surface area (TPSA) is 93.9 Å². The lowest BCUT2D eigenvalue weighted by Gasteiger charge is -2.16. The number of aromatic amines is 2. The molecular weight excluding hydrogens is 282 g/mol. The Kier molecular flexibility index (Phi) is 4.10. The monoisotopic (exact) mass is 305 g/mol. The van der Waals surface area contributed by atoms with E-state index in [9.17, 15) is 9.59 Å². The van der Waals surface area contributed by atoms with Crippen LogP contribution in [-0.2, 0) is 11.3 Å². The maximum absolute atomic E-state index is 12.4. The van der Waals surface area contributed by atoms with Crippen LogP contribution in [0.2, 0.25) is 0 Å². The van der Waals surface area contributed by atoms with E-state index in [1.54, 1.807) is 20.8 Å². The number of fused-ring (bicyclic) bond motifs is 1. The fraction of sp³-hybridized carbons (Fsp3) is 0.533. The molecule has 2 heterocycles. The molecule has 7 heteroatoms. The molecule has 120 valence electrons. The van der Waals surface area contributed by atoms with Crippen LogP contribution >= 0.6 is 0 Å². The highest BCUT2D eigenvalue weighted by molar-refractivity contribution is 5.93. The van der Waals surface area contributed by atoms with Gasteiger partial charge in [0.05, 0.1) is 5.39 Å². The van der Waals surface area contributed by atoms with Crippen LogP contribution < -0.4 is 10.9 Å². The van der Waals surface area contributed by atoms with Crippen LogP contribution in [0.4, 0.5) is 5.95 Å². The van der Waals surface area contributed by atoms with E-state index in [4.69, 9.17) is 0 Å². The summed E-state index contributed by atoms with van der Waals surface area (Å²) in [6.07, 6.45) is 0. The Morgan fingerprint density at radius 3 is 2.45 bits per heavy atom. The number of nitrogens with zero attached hydrogens (tertiary/aromatic N) is 2. The van der Waals surface area contributed by atoms with E-state index in [0.717, 1.165) is 11.3 Å². The molecule has 2 rings (SSSR count). The van der Waals surface area contributed by atoms with Gasteiger partial charge in [-0.3, -0.25) is 19.9 Å². The molecule has 22 heavy (non-hydrogen) atoms. The number of H-pyrrole nitrogens is 2. The third-order valence-electron chi connectivity index (χ3n) is 3.37. The first-order valence-corrected chi connectivity index (χ1v) is 7.17. The maximum atomic E-state index is 12.4. The van der Waals surface area contributed by atoms with Crippen molar-refractivity contribution in [1.29, 1.82) is 0 Å². The summed E-state index contributed by atoms with van der Waals surface area (Å²) in [6, 6.07) is 0. The predicted molar refractivity (Wildman–Crippen MR) is 86.9 cm³/mol. The van der Waals surface area contributed by atoms with Gasteiger partial charge >= 0.3 is 0 Å². The molecule has 0 radical (unpaired) electrons. The number of amides is 1. The number of carbonyl (C=O) groups excluding carboxylic acids is 1. The Hall–Kier alpha value is -2.15. The van der Waals surface area contributed by atoms with E-state index in [1.165, 1.54) is 0 Å². The normalized spacial score (nSPS) is 12.1. The van der Waals surface area contributed by atoms with Crippen molar-refractivity contribution < 1.29 is 4.79 Å². The quantitative estimate of drug-likeness (QED) is 0.803. The highest BCUT2D eigenvalue weighted by Gasteiger charge is 2.23. The molecule has 3 N–H and O–H groups in total. The molecule has 0 aliphatic rings. The van der Waals surface area contributed by atoms with Gasteiger partial charge in [0.2, 0.25) is 11.9 Å². The lowest BCUT2D eigenvalue weighted by atomic mass is 9.96. The number of aromatic nitrogens is 3. The standard InChI is InChI=1S/C15H23N5O2/c1-8-9(7-20(5)6)10-11(16-8)17-14(18-12(10)21)19-13(22)15(2,3)4/h7H2,1-6H3,(H3,16,17,18,19,21,22). The van der Waals surface area contributed by atoms with E-state index < -0.39 is 5.41 Å². The van der Waals surface area contributed by atoms with Crippen LogP contribution in [0.15, 0.2) is 4.79 Å². The Morgan fingerprint density at radius 2 is 1.91 bits per heavy atom. The van der Waals surface area contributed by atoms with Gasteiger partial charge in [0, 0.05) is 23.2 Å². The minimum Gasteiger partial charge on any atom is -0.343 e. The van der Waals surface area contributed by atoms with Crippen molar-refractivity contribution in [3.8, 4) is 0 Å². The smallest absolute Gasteiger partial charge is 0.262 e. The van der Waals surface area contributed by atoms with Crippen LogP contribution in [0.3, 0.4) is 0 Å². The summed E-state index contributed by atoms with van der Waals surface area (Å²) in [5.74, 6) is -0.0399. The SMILES string of the molecule is Cc1[nH]c2nc(NC(=O)C(C)(C)C)[nH]c(=O)c2c1CN(C)C. The largest absolute Gasteiger partial charge is 0.343 e. The minimum atomic E-state index is -0.560. The molecule has 0 bridgehead atoms. The Bertz CT molecular complexity index is 765. The fourth-order valence-electron chi connectivity index (χ4n) is 2.15. The summed E-state index contributed by atoms with van der Waals surface area (Å²) in [4.78, 5) is 36.4. The van der Waals surface area contributed by atoms with Gasteiger partial charge in [0.15, 0.2) is 0 Å².